The Morgan fingerprint density at radius 3 is 2.58 bits per heavy atom. The van der Waals surface area contributed by atoms with Gasteiger partial charge in [-0.1, -0.05) is 29.8 Å². The summed E-state index contributed by atoms with van der Waals surface area (Å²) >= 11 is 0. The molecule has 2 N–H and O–H groups in total. The lowest BCUT2D eigenvalue weighted by Crippen LogP contribution is -1.81. The van der Waals surface area contributed by atoms with Crippen LogP contribution >= 0.6 is 0 Å². The highest BCUT2D eigenvalue weighted by Gasteiger charge is 2.15. The number of phenols is 2. The monoisotopic (exact) mass is 253 g/mol. The van der Waals surface area contributed by atoms with Crippen molar-refractivity contribution in [1.82, 2.24) is 0 Å². The molecule has 3 rings (SSSR count). The summed E-state index contributed by atoms with van der Waals surface area (Å²) in [7, 11) is 0. The van der Waals surface area contributed by atoms with Crippen molar-refractivity contribution in [1.29, 1.82) is 0 Å². The normalized spacial score (nSPS) is 10.8. The second-order valence-corrected chi connectivity index (χ2v) is 4.58. The lowest BCUT2D eigenvalue weighted by atomic mass is 10.0. The summed E-state index contributed by atoms with van der Waals surface area (Å²) in [5.41, 5.74) is 3.52. The van der Waals surface area contributed by atoms with E-state index in [-0.39, 0.29) is 11.5 Å². The third kappa shape index (κ3) is 2.10. The fourth-order valence-corrected chi connectivity index (χ4v) is 2.13. The number of phenolic OH excluding ortho intramolecular Hbond substituents is 2. The van der Waals surface area contributed by atoms with Crippen LogP contribution in [0.4, 0.5) is 0 Å². The average molecular weight is 253 g/mol. The van der Waals surface area contributed by atoms with Gasteiger partial charge in [-0.05, 0) is 18.6 Å². The molecule has 0 unspecified atom stereocenters. The number of rotatable bonds is 1. The third-order valence-corrected chi connectivity index (χ3v) is 3.07. The zero-order valence-corrected chi connectivity index (χ0v) is 10.4. The predicted molar refractivity (Wildman–Crippen MR) is 74.1 cm³/mol. The van der Waals surface area contributed by atoms with Gasteiger partial charge in [0.15, 0.2) is 0 Å². The Hall–Kier alpha value is -2.55. The van der Waals surface area contributed by atoms with Crippen molar-refractivity contribution < 1.29 is 14.6 Å². The molecule has 0 spiro atoms. The minimum Gasteiger partial charge on any atom is -0.507 e. The maximum atomic E-state index is 9.86. The number of fused-ring (bicyclic) bond motifs is 1. The van der Waals surface area contributed by atoms with Gasteiger partial charge in [-0.15, -0.1) is 0 Å². The Morgan fingerprint density at radius 1 is 0.947 bits per heavy atom. The Bertz CT molecular complexity index is 763. The molecule has 3 nitrogen and oxygen atoms in total. The van der Waals surface area contributed by atoms with Gasteiger partial charge in [0.2, 0.25) is 0 Å². The molecule has 1 aromatic heterocycles. The Morgan fingerprint density at radius 2 is 1.79 bits per heavy atom. The Balaban J connectivity index is 2.22. The fraction of sp³-hybridized carbons (Fsp3) is 0.0625. The van der Waals surface area contributed by atoms with E-state index in [1.807, 2.05) is 37.3 Å². The van der Waals surface area contributed by atoms with E-state index in [4.69, 9.17) is 4.42 Å². The SMILES string of the molecule is Cc1cccc(-c2c[o+]c3cc(O)cc(O)c3c2)c1. The van der Waals surface area contributed by atoms with E-state index in [2.05, 4.69) is 0 Å². The molecule has 0 amide bonds. The van der Waals surface area contributed by atoms with Gasteiger partial charge in [0, 0.05) is 6.07 Å². The number of aromatic hydroxyl groups is 2. The molecule has 3 aromatic rings. The molecule has 1 heterocycles. The molecule has 0 fully saturated rings. The van der Waals surface area contributed by atoms with Crippen LogP contribution in [0.15, 0.2) is 53.1 Å². The van der Waals surface area contributed by atoms with E-state index in [1.54, 1.807) is 6.26 Å². The first-order valence-corrected chi connectivity index (χ1v) is 5.98. The van der Waals surface area contributed by atoms with Crippen LogP contribution in [0, 0.1) is 6.92 Å². The van der Waals surface area contributed by atoms with Crippen LogP contribution in [-0.4, -0.2) is 10.2 Å². The smallest absolute Gasteiger partial charge is 0.367 e. The van der Waals surface area contributed by atoms with Crippen LogP contribution in [0.3, 0.4) is 0 Å². The first-order chi connectivity index (χ1) is 9.13. The highest BCUT2D eigenvalue weighted by atomic mass is 16.3. The lowest BCUT2D eigenvalue weighted by molar-refractivity contribution is 0.452. The first-order valence-electron chi connectivity index (χ1n) is 5.98. The van der Waals surface area contributed by atoms with Crippen molar-refractivity contribution in [3.05, 3.63) is 54.3 Å². The summed E-state index contributed by atoms with van der Waals surface area (Å²) in [6.07, 6.45) is 1.62. The quantitative estimate of drug-likeness (QED) is 0.642. The highest BCUT2D eigenvalue weighted by Crippen LogP contribution is 2.33. The minimum absolute atomic E-state index is 0.00764. The molecule has 3 heteroatoms. The standard InChI is InChI=1S/C16H12O3/c1-10-3-2-4-11(5-10)12-6-14-15(18)7-13(17)8-16(14)19-9-12/h2-9H,1H3,(H-,17,18)/p+1. The first kappa shape index (κ1) is 11.5. The molecule has 2 aromatic carbocycles. The van der Waals surface area contributed by atoms with Gasteiger partial charge in [-0.3, -0.25) is 0 Å². The van der Waals surface area contributed by atoms with Crippen molar-refractivity contribution in [2.45, 2.75) is 6.92 Å². The van der Waals surface area contributed by atoms with E-state index in [0.29, 0.717) is 11.0 Å². The van der Waals surface area contributed by atoms with E-state index in [0.717, 1.165) is 16.7 Å². The van der Waals surface area contributed by atoms with Crippen LogP contribution in [0.25, 0.3) is 22.1 Å². The van der Waals surface area contributed by atoms with Gasteiger partial charge >= 0.3 is 11.8 Å². The van der Waals surface area contributed by atoms with Gasteiger partial charge in [-0.2, -0.15) is 0 Å². The van der Waals surface area contributed by atoms with Crippen LogP contribution in [0.5, 0.6) is 11.5 Å². The second-order valence-electron chi connectivity index (χ2n) is 4.58. The van der Waals surface area contributed by atoms with Crippen molar-refractivity contribution in [2.75, 3.05) is 0 Å². The summed E-state index contributed by atoms with van der Waals surface area (Å²) < 4.78 is 5.48. The molecule has 0 aliphatic rings. The zero-order chi connectivity index (χ0) is 13.4. The molecule has 0 saturated carbocycles. The van der Waals surface area contributed by atoms with Crippen molar-refractivity contribution in [2.24, 2.45) is 0 Å². The molecule has 0 bridgehead atoms. The maximum absolute atomic E-state index is 9.86. The van der Waals surface area contributed by atoms with Crippen LogP contribution in [-0.2, 0) is 0 Å². The fourth-order valence-electron chi connectivity index (χ4n) is 2.13. The van der Waals surface area contributed by atoms with Gasteiger partial charge < -0.3 is 10.2 Å². The predicted octanol–water partition coefficient (Wildman–Crippen LogP) is 4.10. The molecule has 19 heavy (non-hydrogen) atoms. The topological polar surface area (TPSA) is 51.8 Å². The van der Waals surface area contributed by atoms with Crippen molar-refractivity contribution in [3.63, 3.8) is 0 Å². The van der Waals surface area contributed by atoms with Crippen molar-refractivity contribution >= 4 is 11.0 Å². The van der Waals surface area contributed by atoms with Crippen LogP contribution in [0.2, 0.25) is 0 Å². The van der Waals surface area contributed by atoms with Gasteiger partial charge in [0.1, 0.15) is 16.9 Å². The zero-order valence-electron chi connectivity index (χ0n) is 10.4. The van der Waals surface area contributed by atoms with Crippen molar-refractivity contribution in [3.8, 4) is 22.6 Å². The highest BCUT2D eigenvalue weighted by molar-refractivity contribution is 5.88. The number of hydrogen-bond acceptors (Lipinski definition) is 2. The van der Waals surface area contributed by atoms with E-state index < -0.39 is 0 Å². The Labute approximate surface area is 110 Å². The third-order valence-electron chi connectivity index (χ3n) is 3.07. The summed E-state index contributed by atoms with van der Waals surface area (Å²) in [4.78, 5) is 0. The molecule has 0 atom stereocenters. The molecular weight excluding hydrogens is 240 g/mol. The number of aryl methyl sites for hydroxylation is 1. The minimum atomic E-state index is -0.0166. The van der Waals surface area contributed by atoms with Gasteiger partial charge in [-0.25, -0.2) is 4.42 Å². The molecule has 0 radical (unpaired) electrons. The molecule has 0 aliphatic heterocycles. The van der Waals surface area contributed by atoms with E-state index in [1.165, 1.54) is 12.1 Å². The molecule has 0 aliphatic carbocycles. The Kier molecular flexibility index (Phi) is 2.60. The maximum Gasteiger partial charge on any atom is 0.367 e. The largest absolute Gasteiger partial charge is 0.507 e. The molecule has 0 saturated heterocycles. The lowest BCUT2D eigenvalue weighted by Gasteiger charge is -2.01. The van der Waals surface area contributed by atoms with E-state index in [9.17, 15) is 10.2 Å². The van der Waals surface area contributed by atoms with E-state index >= 15 is 0 Å². The second kappa shape index (κ2) is 4.28. The number of hydrogen-bond donors (Lipinski definition) is 2. The van der Waals surface area contributed by atoms with Crippen LogP contribution in [0.1, 0.15) is 5.56 Å². The number of benzene rings is 2. The molecular formula is C16H13O3+. The van der Waals surface area contributed by atoms with Gasteiger partial charge in [0.05, 0.1) is 11.6 Å². The summed E-state index contributed by atoms with van der Waals surface area (Å²) in [6.45, 7) is 2.02. The summed E-state index contributed by atoms with van der Waals surface area (Å²) in [5.74, 6) is -0.00897. The van der Waals surface area contributed by atoms with Gasteiger partial charge in [0.25, 0.3) is 0 Å². The summed E-state index contributed by atoms with van der Waals surface area (Å²) in [5, 5.41) is 19.9. The molecule has 94 valence electrons. The summed E-state index contributed by atoms with van der Waals surface area (Å²) in [6, 6.07) is 12.7. The average Bonchev–Trinajstić information content (AvgIpc) is 2.38. The van der Waals surface area contributed by atoms with Crippen LogP contribution < -0.4 is 0 Å².